The highest BCUT2D eigenvalue weighted by molar-refractivity contribution is 5.79. The molecule has 0 aliphatic carbocycles. The highest BCUT2D eigenvalue weighted by Gasteiger charge is 2.29. The Morgan fingerprint density at radius 2 is 2.06 bits per heavy atom. The van der Waals surface area contributed by atoms with Gasteiger partial charge >= 0.3 is 0 Å². The van der Waals surface area contributed by atoms with Gasteiger partial charge in [0.05, 0.1) is 0 Å². The average molecular weight is 226 g/mol. The third-order valence-electron chi connectivity index (χ3n) is 3.80. The summed E-state index contributed by atoms with van der Waals surface area (Å²) in [4.78, 5) is 14.4. The first kappa shape index (κ1) is 13.5. The molecule has 16 heavy (non-hydrogen) atoms. The van der Waals surface area contributed by atoms with E-state index in [1.54, 1.807) is 0 Å². The third-order valence-corrected chi connectivity index (χ3v) is 3.80. The summed E-state index contributed by atoms with van der Waals surface area (Å²) < 4.78 is 0. The molecule has 1 saturated heterocycles. The molecule has 1 aliphatic rings. The fourth-order valence-corrected chi connectivity index (χ4v) is 2.33. The van der Waals surface area contributed by atoms with E-state index in [-0.39, 0.29) is 5.92 Å². The van der Waals surface area contributed by atoms with Gasteiger partial charge in [-0.25, -0.2) is 0 Å². The van der Waals surface area contributed by atoms with E-state index in [1.165, 1.54) is 6.42 Å². The van der Waals surface area contributed by atoms with Crippen molar-refractivity contribution in [2.75, 3.05) is 13.1 Å². The molecule has 1 rings (SSSR count). The maximum absolute atomic E-state index is 12.3. The highest BCUT2D eigenvalue weighted by atomic mass is 16.2. The van der Waals surface area contributed by atoms with Crippen LogP contribution in [0.15, 0.2) is 0 Å². The van der Waals surface area contributed by atoms with Crippen LogP contribution < -0.4 is 5.73 Å². The number of rotatable bonds is 4. The van der Waals surface area contributed by atoms with Crippen LogP contribution in [0.5, 0.6) is 0 Å². The van der Waals surface area contributed by atoms with Crippen LogP contribution in [-0.4, -0.2) is 29.9 Å². The molecule has 1 heterocycles. The molecule has 1 fully saturated rings. The molecule has 3 heteroatoms. The lowest BCUT2D eigenvalue weighted by Gasteiger charge is -2.38. The largest absolute Gasteiger partial charge is 0.339 e. The van der Waals surface area contributed by atoms with Gasteiger partial charge in [0, 0.05) is 18.5 Å². The predicted octanol–water partition coefficient (Wildman–Crippen LogP) is 2.01. The summed E-state index contributed by atoms with van der Waals surface area (Å²) in [5, 5.41) is 0. The van der Waals surface area contributed by atoms with Gasteiger partial charge in [-0.3, -0.25) is 4.79 Å². The lowest BCUT2D eigenvalue weighted by atomic mass is 9.92. The first-order chi connectivity index (χ1) is 7.57. The molecule has 0 aromatic heterocycles. The minimum atomic E-state index is 0.137. The Labute approximate surface area is 99.4 Å². The Balaban J connectivity index is 2.63. The van der Waals surface area contributed by atoms with E-state index in [0.717, 1.165) is 25.8 Å². The van der Waals surface area contributed by atoms with Crippen molar-refractivity contribution in [1.82, 2.24) is 4.90 Å². The molecule has 0 bridgehead atoms. The van der Waals surface area contributed by atoms with Crippen LogP contribution >= 0.6 is 0 Å². The summed E-state index contributed by atoms with van der Waals surface area (Å²) in [6, 6.07) is 0.396. The molecule has 1 aliphatic heterocycles. The van der Waals surface area contributed by atoms with Gasteiger partial charge in [-0.05, 0) is 38.1 Å². The molecule has 0 aromatic carbocycles. The number of likely N-dealkylation sites (tertiary alicyclic amines) is 1. The summed E-state index contributed by atoms with van der Waals surface area (Å²) in [5.74, 6) is 0.888. The van der Waals surface area contributed by atoms with Gasteiger partial charge in [0.2, 0.25) is 5.91 Å². The Kier molecular flexibility index (Phi) is 5.26. The van der Waals surface area contributed by atoms with Gasteiger partial charge in [0.1, 0.15) is 0 Å². The first-order valence-corrected chi connectivity index (χ1v) is 6.58. The summed E-state index contributed by atoms with van der Waals surface area (Å²) in [6.07, 6.45) is 4.48. The summed E-state index contributed by atoms with van der Waals surface area (Å²) in [7, 11) is 0. The van der Waals surface area contributed by atoms with Gasteiger partial charge in [-0.2, -0.15) is 0 Å². The zero-order chi connectivity index (χ0) is 12.1. The van der Waals surface area contributed by atoms with E-state index in [0.29, 0.717) is 24.4 Å². The van der Waals surface area contributed by atoms with Crippen molar-refractivity contribution in [3.8, 4) is 0 Å². The van der Waals surface area contributed by atoms with Gasteiger partial charge in [-0.1, -0.05) is 20.8 Å². The van der Waals surface area contributed by atoms with Crippen molar-refractivity contribution in [1.29, 1.82) is 0 Å². The van der Waals surface area contributed by atoms with Gasteiger partial charge in [-0.15, -0.1) is 0 Å². The van der Waals surface area contributed by atoms with E-state index >= 15 is 0 Å². The predicted molar refractivity (Wildman–Crippen MR) is 67.0 cm³/mol. The summed E-state index contributed by atoms with van der Waals surface area (Å²) >= 11 is 0. The van der Waals surface area contributed by atoms with Crippen molar-refractivity contribution in [2.45, 2.75) is 52.5 Å². The molecule has 2 atom stereocenters. The fourth-order valence-electron chi connectivity index (χ4n) is 2.33. The molecule has 3 nitrogen and oxygen atoms in total. The lowest BCUT2D eigenvalue weighted by Crippen LogP contribution is -2.47. The summed E-state index contributed by atoms with van der Waals surface area (Å²) in [5.41, 5.74) is 5.62. The lowest BCUT2D eigenvalue weighted by molar-refractivity contribution is -0.140. The smallest absolute Gasteiger partial charge is 0.225 e. The van der Waals surface area contributed by atoms with Crippen LogP contribution in [0.3, 0.4) is 0 Å². The average Bonchev–Trinajstić information content (AvgIpc) is 2.28. The zero-order valence-corrected chi connectivity index (χ0v) is 10.9. The van der Waals surface area contributed by atoms with Crippen LogP contribution in [-0.2, 0) is 4.79 Å². The van der Waals surface area contributed by atoms with Crippen LogP contribution in [0.4, 0.5) is 0 Å². The van der Waals surface area contributed by atoms with Crippen molar-refractivity contribution in [3.05, 3.63) is 0 Å². The van der Waals surface area contributed by atoms with Gasteiger partial charge in [0.15, 0.2) is 0 Å². The summed E-state index contributed by atoms with van der Waals surface area (Å²) in [6.45, 7) is 7.89. The normalized spacial score (nSPS) is 23.6. The third kappa shape index (κ3) is 3.21. The Morgan fingerprint density at radius 3 is 2.62 bits per heavy atom. The molecule has 94 valence electrons. The van der Waals surface area contributed by atoms with E-state index in [1.807, 2.05) is 6.92 Å². The van der Waals surface area contributed by atoms with Crippen molar-refractivity contribution >= 4 is 5.91 Å². The fraction of sp³-hybridized carbons (Fsp3) is 0.923. The van der Waals surface area contributed by atoms with Crippen LogP contribution in [0, 0.1) is 11.8 Å². The maximum atomic E-state index is 12.3. The van der Waals surface area contributed by atoms with Gasteiger partial charge in [0.25, 0.3) is 0 Å². The molecular weight excluding hydrogens is 200 g/mol. The van der Waals surface area contributed by atoms with Crippen LogP contribution in [0.2, 0.25) is 0 Å². The van der Waals surface area contributed by atoms with Crippen molar-refractivity contribution in [2.24, 2.45) is 17.6 Å². The molecule has 0 radical (unpaired) electrons. The van der Waals surface area contributed by atoms with Gasteiger partial charge < -0.3 is 10.6 Å². The Morgan fingerprint density at radius 1 is 1.38 bits per heavy atom. The van der Waals surface area contributed by atoms with Crippen LogP contribution in [0.25, 0.3) is 0 Å². The molecule has 0 aromatic rings. The molecule has 2 N–H and O–H groups in total. The monoisotopic (exact) mass is 226 g/mol. The second-order valence-corrected chi connectivity index (χ2v) is 5.29. The second kappa shape index (κ2) is 6.24. The van der Waals surface area contributed by atoms with E-state index in [4.69, 9.17) is 5.73 Å². The van der Waals surface area contributed by atoms with Crippen LogP contribution in [0.1, 0.15) is 46.5 Å². The number of amides is 1. The number of nitrogens with zero attached hydrogens (tertiary/aromatic N) is 1. The van der Waals surface area contributed by atoms with E-state index in [9.17, 15) is 4.79 Å². The molecule has 1 amide bonds. The SMILES string of the molecule is CC(C)C(C)C(=O)N1CCCCC1CCN. The number of nitrogens with two attached hydrogens (primary N) is 1. The number of hydrogen-bond acceptors (Lipinski definition) is 2. The zero-order valence-electron chi connectivity index (χ0n) is 10.9. The standard InChI is InChI=1S/C13H26N2O/c1-10(2)11(3)13(16)15-9-5-4-6-12(15)7-8-14/h10-12H,4-9,14H2,1-3H3. The number of hydrogen-bond donors (Lipinski definition) is 1. The van der Waals surface area contributed by atoms with E-state index in [2.05, 4.69) is 18.7 Å². The van der Waals surface area contributed by atoms with Crippen molar-refractivity contribution in [3.63, 3.8) is 0 Å². The minimum Gasteiger partial charge on any atom is -0.339 e. The Hall–Kier alpha value is -0.570. The minimum absolute atomic E-state index is 0.137. The number of carbonyl (C=O) groups is 1. The van der Waals surface area contributed by atoms with E-state index < -0.39 is 0 Å². The number of carbonyl (C=O) groups excluding carboxylic acids is 1. The molecule has 2 unspecified atom stereocenters. The molecule has 0 spiro atoms. The molecule has 0 saturated carbocycles. The first-order valence-electron chi connectivity index (χ1n) is 6.58. The van der Waals surface area contributed by atoms with Crippen molar-refractivity contribution < 1.29 is 4.79 Å². The quantitative estimate of drug-likeness (QED) is 0.797. The molecular formula is C13H26N2O. The highest BCUT2D eigenvalue weighted by Crippen LogP contribution is 2.23. The number of piperidine rings is 1. The topological polar surface area (TPSA) is 46.3 Å². The second-order valence-electron chi connectivity index (χ2n) is 5.29. The Bertz CT molecular complexity index is 226. The maximum Gasteiger partial charge on any atom is 0.225 e.